The van der Waals surface area contributed by atoms with Gasteiger partial charge in [0.15, 0.2) is 0 Å². The first-order valence-electron chi connectivity index (χ1n) is 7.18. The third kappa shape index (κ3) is 3.90. The number of thiazole rings is 1. The molecule has 0 aliphatic carbocycles. The van der Waals surface area contributed by atoms with Crippen LogP contribution in [0.25, 0.3) is 0 Å². The molecule has 0 bridgehead atoms. The highest BCUT2D eigenvalue weighted by molar-refractivity contribution is 7.09. The smallest absolute Gasteiger partial charge is 0.0929 e. The number of nitrogens with one attached hydrogen (secondary N) is 1. The van der Waals surface area contributed by atoms with E-state index in [1.165, 1.54) is 16.3 Å². The molecule has 2 nitrogen and oxygen atoms in total. The summed E-state index contributed by atoms with van der Waals surface area (Å²) in [5.74, 6) is 0. The van der Waals surface area contributed by atoms with Gasteiger partial charge < -0.3 is 5.32 Å². The number of aromatic nitrogens is 1. The van der Waals surface area contributed by atoms with Crippen molar-refractivity contribution >= 4 is 11.3 Å². The molecule has 0 amide bonds. The van der Waals surface area contributed by atoms with Crippen LogP contribution in [0.2, 0.25) is 0 Å². The fourth-order valence-corrected chi connectivity index (χ4v) is 3.24. The van der Waals surface area contributed by atoms with Crippen LogP contribution in [0, 0.1) is 0 Å². The molecule has 1 heterocycles. The zero-order valence-electron chi connectivity index (χ0n) is 12.8. The number of nitrogens with zero attached hydrogens (tertiary/aromatic N) is 1. The number of hydrogen-bond acceptors (Lipinski definition) is 3. The van der Waals surface area contributed by atoms with E-state index < -0.39 is 0 Å². The highest BCUT2D eigenvalue weighted by Crippen LogP contribution is 2.26. The molecule has 1 atom stereocenters. The van der Waals surface area contributed by atoms with Gasteiger partial charge in [0, 0.05) is 23.3 Å². The van der Waals surface area contributed by atoms with E-state index in [-0.39, 0.29) is 5.41 Å². The second kappa shape index (κ2) is 6.51. The minimum atomic E-state index is 0.149. The Morgan fingerprint density at radius 3 is 2.45 bits per heavy atom. The lowest BCUT2D eigenvalue weighted by Gasteiger charge is -2.16. The van der Waals surface area contributed by atoms with Crippen LogP contribution in [-0.4, -0.2) is 12.0 Å². The summed E-state index contributed by atoms with van der Waals surface area (Å²) in [5.41, 5.74) is 2.71. The first-order chi connectivity index (χ1) is 9.50. The second-order valence-electron chi connectivity index (χ2n) is 6.17. The van der Waals surface area contributed by atoms with Gasteiger partial charge in [-0.05, 0) is 19.0 Å². The third-order valence-electron chi connectivity index (χ3n) is 3.52. The maximum absolute atomic E-state index is 4.77. The Bertz CT molecular complexity index is 525. The third-order valence-corrected chi connectivity index (χ3v) is 4.43. The van der Waals surface area contributed by atoms with Gasteiger partial charge in [0.2, 0.25) is 0 Å². The average Bonchev–Trinajstić information content (AvgIpc) is 2.89. The van der Waals surface area contributed by atoms with Gasteiger partial charge in [-0.15, -0.1) is 11.3 Å². The molecule has 3 heteroatoms. The minimum absolute atomic E-state index is 0.149. The van der Waals surface area contributed by atoms with Gasteiger partial charge in [-0.25, -0.2) is 4.98 Å². The predicted molar refractivity (Wildman–Crippen MR) is 87.4 cm³/mol. The Morgan fingerprint density at radius 1 is 1.20 bits per heavy atom. The van der Waals surface area contributed by atoms with Crippen molar-refractivity contribution in [2.75, 3.05) is 7.05 Å². The second-order valence-corrected chi connectivity index (χ2v) is 7.11. The molecule has 0 aliphatic rings. The Morgan fingerprint density at radius 2 is 1.90 bits per heavy atom. The maximum atomic E-state index is 4.77. The molecule has 20 heavy (non-hydrogen) atoms. The summed E-state index contributed by atoms with van der Waals surface area (Å²) in [5, 5.41) is 6.84. The van der Waals surface area contributed by atoms with Crippen LogP contribution in [0.4, 0.5) is 0 Å². The van der Waals surface area contributed by atoms with Gasteiger partial charge in [-0.1, -0.05) is 51.1 Å². The van der Waals surface area contributed by atoms with Crippen LogP contribution in [-0.2, 0) is 11.8 Å². The molecule has 0 saturated heterocycles. The zero-order valence-corrected chi connectivity index (χ0v) is 13.6. The van der Waals surface area contributed by atoms with E-state index >= 15 is 0 Å². The van der Waals surface area contributed by atoms with Crippen LogP contribution in [0.3, 0.4) is 0 Å². The van der Waals surface area contributed by atoms with E-state index in [0.717, 1.165) is 12.8 Å². The summed E-state index contributed by atoms with van der Waals surface area (Å²) >= 11 is 1.79. The number of hydrogen-bond donors (Lipinski definition) is 1. The molecule has 1 aromatic carbocycles. The first-order valence-corrected chi connectivity index (χ1v) is 8.06. The Balaban J connectivity index is 1.99. The lowest BCUT2D eigenvalue weighted by atomic mass is 9.93. The van der Waals surface area contributed by atoms with Crippen molar-refractivity contribution in [1.29, 1.82) is 0 Å². The highest BCUT2D eigenvalue weighted by Gasteiger charge is 2.18. The molecule has 0 fully saturated rings. The highest BCUT2D eigenvalue weighted by atomic mass is 32.1. The van der Waals surface area contributed by atoms with Crippen LogP contribution < -0.4 is 5.32 Å². The summed E-state index contributed by atoms with van der Waals surface area (Å²) in [4.78, 5) is 4.77. The van der Waals surface area contributed by atoms with Gasteiger partial charge in [-0.2, -0.15) is 0 Å². The number of rotatable bonds is 5. The van der Waals surface area contributed by atoms with E-state index in [1.807, 2.05) is 7.05 Å². The first kappa shape index (κ1) is 15.2. The Labute approximate surface area is 126 Å². The molecule has 0 spiro atoms. The van der Waals surface area contributed by atoms with Gasteiger partial charge >= 0.3 is 0 Å². The predicted octanol–water partition coefficient (Wildman–Crippen LogP) is 4.33. The van der Waals surface area contributed by atoms with E-state index in [9.17, 15) is 0 Å². The lowest BCUT2D eigenvalue weighted by Crippen LogP contribution is -2.17. The summed E-state index contributed by atoms with van der Waals surface area (Å²) in [6.45, 7) is 6.64. The molecule has 2 aromatic rings. The van der Waals surface area contributed by atoms with Crippen molar-refractivity contribution < 1.29 is 0 Å². The summed E-state index contributed by atoms with van der Waals surface area (Å²) in [6, 6.07) is 11.0. The lowest BCUT2D eigenvalue weighted by molar-refractivity contribution is 0.542. The van der Waals surface area contributed by atoms with Gasteiger partial charge in [0.25, 0.3) is 0 Å². The van der Waals surface area contributed by atoms with E-state index in [1.54, 1.807) is 11.3 Å². The molecule has 0 radical (unpaired) electrons. The number of aryl methyl sites for hydroxylation is 1. The molecule has 2 rings (SSSR count). The van der Waals surface area contributed by atoms with Gasteiger partial charge in [-0.3, -0.25) is 0 Å². The van der Waals surface area contributed by atoms with Crippen LogP contribution in [0.5, 0.6) is 0 Å². The Kier molecular flexibility index (Phi) is 4.95. The molecule has 0 saturated carbocycles. The van der Waals surface area contributed by atoms with E-state index in [0.29, 0.717) is 6.04 Å². The SMILES string of the molecule is CNC(CCc1nc(C(C)(C)C)cs1)c1ccccc1. The molecule has 0 aliphatic heterocycles. The molecular formula is C17H24N2S. The molecule has 108 valence electrons. The quantitative estimate of drug-likeness (QED) is 0.885. The van der Waals surface area contributed by atoms with Crippen molar-refractivity contribution in [2.45, 2.75) is 45.1 Å². The van der Waals surface area contributed by atoms with Crippen molar-refractivity contribution in [3.63, 3.8) is 0 Å². The van der Waals surface area contributed by atoms with Gasteiger partial charge in [0.05, 0.1) is 10.7 Å². The average molecular weight is 288 g/mol. The zero-order chi connectivity index (χ0) is 14.6. The standard InChI is InChI=1S/C17H24N2S/c1-17(2,3)15-12-20-16(19-15)11-10-14(18-4)13-8-6-5-7-9-13/h5-9,12,14,18H,10-11H2,1-4H3. The Hall–Kier alpha value is -1.19. The van der Waals surface area contributed by atoms with E-state index in [4.69, 9.17) is 4.98 Å². The fourth-order valence-electron chi connectivity index (χ4n) is 2.20. The van der Waals surface area contributed by atoms with Crippen molar-refractivity contribution in [1.82, 2.24) is 10.3 Å². The summed E-state index contributed by atoms with van der Waals surface area (Å²) in [7, 11) is 2.03. The van der Waals surface area contributed by atoms with Gasteiger partial charge in [0.1, 0.15) is 0 Å². The minimum Gasteiger partial charge on any atom is -0.313 e. The van der Waals surface area contributed by atoms with E-state index in [2.05, 4.69) is 61.8 Å². The van der Waals surface area contributed by atoms with Crippen molar-refractivity contribution in [3.8, 4) is 0 Å². The molecule has 1 N–H and O–H groups in total. The van der Waals surface area contributed by atoms with Crippen molar-refractivity contribution in [2.24, 2.45) is 0 Å². The van der Waals surface area contributed by atoms with Crippen molar-refractivity contribution in [3.05, 3.63) is 52.0 Å². The molecule has 1 unspecified atom stereocenters. The van der Waals surface area contributed by atoms with Crippen LogP contribution in [0.1, 0.15) is 49.5 Å². The largest absolute Gasteiger partial charge is 0.313 e. The summed E-state index contributed by atoms with van der Waals surface area (Å²) in [6.07, 6.45) is 2.11. The van der Waals surface area contributed by atoms with Crippen LogP contribution in [0.15, 0.2) is 35.7 Å². The number of benzene rings is 1. The molecular weight excluding hydrogens is 264 g/mol. The monoisotopic (exact) mass is 288 g/mol. The fraction of sp³-hybridized carbons (Fsp3) is 0.471. The normalized spacial score (nSPS) is 13.4. The maximum Gasteiger partial charge on any atom is 0.0929 e. The van der Waals surface area contributed by atoms with Crippen LogP contribution >= 0.6 is 11.3 Å². The molecule has 1 aromatic heterocycles. The summed E-state index contributed by atoms with van der Waals surface area (Å²) < 4.78 is 0. The topological polar surface area (TPSA) is 24.9 Å².